The van der Waals surface area contributed by atoms with E-state index in [1.54, 1.807) is 35.5 Å². The number of benzene rings is 3. The predicted molar refractivity (Wildman–Crippen MR) is 126 cm³/mol. The first kappa shape index (κ1) is 22.5. The second-order valence-corrected chi connectivity index (χ2v) is 7.96. The molecule has 0 heterocycles. The van der Waals surface area contributed by atoms with Crippen LogP contribution in [-0.4, -0.2) is 41.8 Å². The van der Waals surface area contributed by atoms with E-state index in [4.69, 9.17) is 23.7 Å². The van der Waals surface area contributed by atoms with Crippen LogP contribution in [0.3, 0.4) is 0 Å². The summed E-state index contributed by atoms with van der Waals surface area (Å²) in [6, 6.07) is 12.0. The van der Waals surface area contributed by atoms with Crippen LogP contribution < -0.4 is 23.7 Å². The average molecular weight is 449 g/mol. The highest BCUT2D eigenvalue weighted by Gasteiger charge is 2.21. The van der Waals surface area contributed by atoms with Crippen molar-refractivity contribution in [2.24, 2.45) is 0 Å². The maximum atomic E-state index is 11.7. The van der Waals surface area contributed by atoms with Crippen molar-refractivity contribution in [3.63, 3.8) is 0 Å². The Balaban J connectivity index is 2.00. The van der Waals surface area contributed by atoms with Gasteiger partial charge in [-0.3, -0.25) is 4.79 Å². The second kappa shape index (κ2) is 9.45. The van der Waals surface area contributed by atoms with E-state index in [9.17, 15) is 4.79 Å². The fourth-order valence-corrected chi connectivity index (χ4v) is 4.48. The van der Waals surface area contributed by atoms with Crippen molar-refractivity contribution in [1.82, 2.24) is 0 Å². The number of carbonyl (C=O) groups excluding carboxylic acids is 1. The summed E-state index contributed by atoms with van der Waals surface area (Å²) in [5.41, 5.74) is 7.17. The van der Waals surface area contributed by atoms with Gasteiger partial charge in [0.25, 0.3) is 0 Å². The van der Waals surface area contributed by atoms with E-state index in [0.29, 0.717) is 53.6 Å². The molecule has 33 heavy (non-hydrogen) atoms. The van der Waals surface area contributed by atoms with Crippen LogP contribution in [0.1, 0.15) is 43.7 Å². The van der Waals surface area contributed by atoms with Crippen LogP contribution in [0.25, 0.3) is 0 Å². The number of hydrogen-bond donors (Lipinski definition) is 0. The summed E-state index contributed by atoms with van der Waals surface area (Å²) in [4.78, 5) is 11.7. The third-order valence-electron chi connectivity index (χ3n) is 6.23. The molecule has 1 aliphatic carbocycles. The summed E-state index contributed by atoms with van der Waals surface area (Å²) in [6.07, 6.45) is 2.85. The summed E-state index contributed by atoms with van der Waals surface area (Å²) in [6.45, 7) is 0. The lowest BCUT2D eigenvalue weighted by Crippen LogP contribution is -2.03. The maximum Gasteiger partial charge on any atom is 0.161 e. The molecular formula is C27H28O6. The van der Waals surface area contributed by atoms with Gasteiger partial charge < -0.3 is 23.7 Å². The van der Waals surface area contributed by atoms with E-state index in [1.807, 2.05) is 36.4 Å². The summed E-state index contributed by atoms with van der Waals surface area (Å²) >= 11 is 0. The topological polar surface area (TPSA) is 63.2 Å². The molecule has 0 saturated heterocycles. The van der Waals surface area contributed by atoms with Gasteiger partial charge in [0.1, 0.15) is 5.75 Å². The van der Waals surface area contributed by atoms with E-state index in [1.165, 1.54) is 0 Å². The molecule has 0 aromatic heterocycles. The summed E-state index contributed by atoms with van der Waals surface area (Å²) < 4.78 is 27.8. The van der Waals surface area contributed by atoms with Gasteiger partial charge in [-0.25, -0.2) is 0 Å². The predicted octanol–water partition coefficient (Wildman–Crippen LogP) is 4.63. The zero-order chi connectivity index (χ0) is 23.5. The molecule has 172 valence electrons. The first-order chi connectivity index (χ1) is 16.0. The van der Waals surface area contributed by atoms with Gasteiger partial charge in [-0.15, -0.1) is 0 Å². The Labute approximate surface area is 194 Å². The Kier molecular flexibility index (Phi) is 6.45. The van der Waals surface area contributed by atoms with Crippen LogP contribution in [0.5, 0.6) is 28.7 Å². The molecular weight excluding hydrogens is 420 g/mol. The van der Waals surface area contributed by atoms with Crippen LogP contribution in [0.15, 0.2) is 36.4 Å². The molecule has 0 amide bonds. The molecule has 4 rings (SSSR count). The molecule has 0 atom stereocenters. The molecule has 6 nitrogen and oxygen atoms in total. The van der Waals surface area contributed by atoms with E-state index >= 15 is 0 Å². The molecule has 0 unspecified atom stereocenters. The Morgan fingerprint density at radius 1 is 0.485 bits per heavy atom. The van der Waals surface area contributed by atoms with Crippen LogP contribution in [-0.2, 0) is 19.3 Å². The van der Waals surface area contributed by atoms with E-state index in [2.05, 4.69) is 0 Å². The third-order valence-corrected chi connectivity index (χ3v) is 6.23. The van der Waals surface area contributed by atoms with Crippen molar-refractivity contribution in [2.75, 3.05) is 35.5 Å². The van der Waals surface area contributed by atoms with Gasteiger partial charge in [0, 0.05) is 0 Å². The highest BCUT2D eigenvalue weighted by molar-refractivity contribution is 5.80. The molecule has 0 spiro atoms. The fourth-order valence-electron chi connectivity index (χ4n) is 4.48. The fraction of sp³-hybridized carbons (Fsp3) is 0.296. The highest BCUT2D eigenvalue weighted by Crippen LogP contribution is 2.39. The van der Waals surface area contributed by atoms with Gasteiger partial charge in [-0.1, -0.05) is 0 Å². The van der Waals surface area contributed by atoms with Crippen molar-refractivity contribution in [1.29, 1.82) is 0 Å². The minimum atomic E-state index is 0.532. The Morgan fingerprint density at radius 3 is 1.03 bits per heavy atom. The number of aldehydes is 1. The Morgan fingerprint density at radius 2 is 0.758 bits per heavy atom. The average Bonchev–Trinajstić information content (AvgIpc) is 2.90. The lowest BCUT2D eigenvalue weighted by molar-refractivity contribution is 0.112. The lowest BCUT2D eigenvalue weighted by Gasteiger charge is -2.17. The molecule has 0 fully saturated rings. The van der Waals surface area contributed by atoms with Crippen LogP contribution in [0.4, 0.5) is 0 Å². The summed E-state index contributed by atoms with van der Waals surface area (Å²) in [5.74, 6) is 3.29. The zero-order valence-corrected chi connectivity index (χ0v) is 19.6. The molecule has 6 heteroatoms. The van der Waals surface area contributed by atoms with Crippen LogP contribution in [0.2, 0.25) is 0 Å². The first-order valence-electron chi connectivity index (χ1n) is 10.7. The molecule has 3 aromatic rings. The largest absolute Gasteiger partial charge is 0.496 e. The summed E-state index contributed by atoms with van der Waals surface area (Å²) in [7, 11) is 8.13. The Hall–Kier alpha value is -3.67. The number of fused-ring (bicyclic) bond motifs is 3. The Bertz CT molecular complexity index is 1190. The lowest BCUT2D eigenvalue weighted by atomic mass is 9.93. The first-order valence-corrected chi connectivity index (χ1v) is 10.7. The number of rotatable bonds is 6. The van der Waals surface area contributed by atoms with Gasteiger partial charge >= 0.3 is 0 Å². The van der Waals surface area contributed by atoms with Gasteiger partial charge in [0.15, 0.2) is 29.3 Å². The van der Waals surface area contributed by atoms with E-state index < -0.39 is 0 Å². The minimum Gasteiger partial charge on any atom is -0.496 e. The number of ether oxygens (including phenoxy) is 5. The van der Waals surface area contributed by atoms with Gasteiger partial charge in [-0.05, 0) is 89.0 Å². The summed E-state index contributed by atoms with van der Waals surface area (Å²) in [5, 5.41) is 0. The maximum absolute atomic E-state index is 11.7. The molecule has 3 aromatic carbocycles. The molecule has 1 aliphatic rings. The monoisotopic (exact) mass is 448 g/mol. The normalized spacial score (nSPS) is 12.2. The van der Waals surface area contributed by atoms with Crippen molar-refractivity contribution < 1.29 is 28.5 Å². The molecule has 0 N–H and O–H groups in total. The van der Waals surface area contributed by atoms with Crippen LogP contribution >= 0.6 is 0 Å². The van der Waals surface area contributed by atoms with Crippen LogP contribution in [0, 0.1) is 0 Å². The number of methoxy groups -OCH3 is 5. The van der Waals surface area contributed by atoms with Crippen molar-refractivity contribution in [2.45, 2.75) is 19.3 Å². The SMILES string of the molecule is COc1cc2c(cc1C=O)Cc1cc(OC)c(OC)cc1Cc1cc(OC)c(OC)cc1C2. The molecule has 0 radical (unpaired) electrons. The highest BCUT2D eigenvalue weighted by atomic mass is 16.5. The third kappa shape index (κ3) is 4.21. The molecule has 0 saturated carbocycles. The zero-order valence-electron chi connectivity index (χ0n) is 19.6. The van der Waals surface area contributed by atoms with Gasteiger partial charge in [0.05, 0.1) is 41.1 Å². The van der Waals surface area contributed by atoms with Crippen molar-refractivity contribution in [3.05, 3.63) is 75.3 Å². The van der Waals surface area contributed by atoms with Crippen molar-refractivity contribution in [3.8, 4) is 28.7 Å². The van der Waals surface area contributed by atoms with Gasteiger partial charge in [-0.2, -0.15) is 0 Å². The number of carbonyl (C=O) groups is 1. The van der Waals surface area contributed by atoms with E-state index in [-0.39, 0.29) is 0 Å². The minimum absolute atomic E-state index is 0.532. The standard InChI is InChI=1S/C27H28O6/c1-29-23-10-17-7-19-12-25(31-3)27(33-5)14-21(19)8-20-13-26(32-4)24(30-2)11-18(20)6-16(17)9-22(23)15-28/h9-15H,6-8H2,1-5H3. The van der Waals surface area contributed by atoms with Gasteiger partial charge in [0.2, 0.25) is 0 Å². The smallest absolute Gasteiger partial charge is 0.161 e. The molecule has 0 bridgehead atoms. The second-order valence-electron chi connectivity index (χ2n) is 7.96. The number of hydrogen-bond acceptors (Lipinski definition) is 6. The quantitative estimate of drug-likeness (QED) is 0.401. The van der Waals surface area contributed by atoms with E-state index in [0.717, 1.165) is 39.7 Å². The molecule has 0 aliphatic heterocycles. The van der Waals surface area contributed by atoms with Crippen molar-refractivity contribution >= 4 is 6.29 Å².